The minimum atomic E-state index is -0.0744. The number of anilines is 3. The summed E-state index contributed by atoms with van der Waals surface area (Å²) in [5.74, 6) is 1.05. The fourth-order valence-electron chi connectivity index (χ4n) is 3.99. The van der Waals surface area contributed by atoms with Gasteiger partial charge in [-0.2, -0.15) is 5.26 Å². The maximum Gasteiger partial charge on any atom is 0.168 e. The van der Waals surface area contributed by atoms with Gasteiger partial charge in [-0.3, -0.25) is 4.98 Å². The van der Waals surface area contributed by atoms with Gasteiger partial charge in [0.15, 0.2) is 5.75 Å². The van der Waals surface area contributed by atoms with E-state index in [0.29, 0.717) is 46.7 Å². The van der Waals surface area contributed by atoms with Crippen molar-refractivity contribution in [2.45, 2.75) is 19.1 Å². The van der Waals surface area contributed by atoms with Crippen LogP contribution in [0.2, 0.25) is 5.02 Å². The van der Waals surface area contributed by atoms with Crippen LogP contribution in [0, 0.1) is 11.3 Å². The summed E-state index contributed by atoms with van der Waals surface area (Å²) in [6, 6.07) is 20.6. The molecule has 0 bridgehead atoms. The van der Waals surface area contributed by atoms with E-state index in [1.807, 2.05) is 42.5 Å². The van der Waals surface area contributed by atoms with Crippen molar-refractivity contribution >= 4 is 39.6 Å². The Balaban J connectivity index is 1.42. The summed E-state index contributed by atoms with van der Waals surface area (Å²) < 4.78 is 17.6. The number of nitrogens with one attached hydrogen (secondary N) is 1. The standard InChI is InChI=1S/C27H23ClN4O3/c28-22-13-20(7-8-24(22)34-15-19-5-2-1-4-18(19)14-29)32-26-25-17(6-3-10-31-25)12-23(30)27(26)35-21-9-11-33-16-21/h1-8,10,12-13,21,32H,9,11,15-16,30H2. The van der Waals surface area contributed by atoms with E-state index in [4.69, 9.17) is 31.5 Å². The van der Waals surface area contributed by atoms with E-state index >= 15 is 0 Å². The maximum atomic E-state index is 9.28. The molecule has 4 aromatic rings. The fourth-order valence-corrected chi connectivity index (χ4v) is 4.23. The van der Waals surface area contributed by atoms with Crippen LogP contribution in [-0.4, -0.2) is 24.3 Å². The van der Waals surface area contributed by atoms with Gasteiger partial charge in [-0.15, -0.1) is 0 Å². The lowest BCUT2D eigenvalue weighted by Gasteiger charge is -2.20. The van der Waals surface area contributed by atoms with E-state index in [1.165, 1.54) is 0 Å². The molecule has 2 heterocycles. The van der Waals surface area contributed by atoms with E-state index in [1.54, 1.807) is 24.4 Å². The summed E-state index contributed by atoms with van der Waals surface area (Å²) in [7, 11) is 0. The molecule has 1 aliphatic heterocycles. The van der Waals surface area contributed by atoms with Gasteiger partial charge in [-0.1, -0.05) is 35.9 Å². The number of nitrogens with two attached hydrogens (primary N) is 1. The van der Waals surface area contributed by atoms with Gasteiger partial charge in [0.1, 0.15) is 24.1 Å². The molecule has 0 saturated carbocycles. The third-order valence-corrected chi connectivity index (χ3v) is 6.07. The number of hydrogen-bond acceptors (Lipinski definition) is 7. The maximum absolute atomic E-state index is 9.28. The highest BCUT2D eigenvalue weighted by molar-refractivity contribution is 6.32. The predicted octanol–water partition coefficient (Wildman–Crippen LogP) is 5.83. The van der Waals surface area contributed by atoms with E-state index in [2.05, 4.69) is 16.4 Å². The monoisotopic (exact) mass is 486 g/mol. The Kier molecular flexibility index (Phi) is 6.57. The van der Waals surface area contributed by atoms with Crippen molar-refractivity contribution in [2.24, 2.45) is 0 Å². The molecule has 0 aliphatic carbocycles. The molecule has 0 amide bonds. The Morgan fingerprint density at radius 3 is 2.86 bits per heavy atom. The quantitative estimate of drug-likeness (QED) is 0.317. The molecule has 1 saturated heterocycles. The van der Waals surface area contributed by atoms with Crippen molar-refractivity contribution < 1.29 is 14.2 Å². The topological polar surface area (TPSA) is 102 Å². The number of pyridine rings is 1. The number of rotatable bonds is 7. The molecular formula is C27H23ClN4O3. The van der Waals surface area contributed by atoms with E-state index in [-0.39, 0.29) is 12.7 Å². The van der Waals surface area contributed by atoms with Crippen LogP contribution in [0.15, 0.2) is 66.9 Å². The molecule has 1 atom stereocenters. The first-order valence-corrected chi connectivity index (χ1v) is 11.6. The van der Waals surface area contributed by atoms with Gasteiger partial charge < -0.3 is 25.3 Å². The molecular weight excluding hydrogens is 464 g/mol. The first kappa shape index (κ1) is 22.8. The van der Waals surface area contributed by atoms with Crippen LogP contribution in [0.1, 0.15) is 17.5 Å². The minimum absolute atomic E-state index is 0.0744. The summed E-state index contributed by atoms with van der Waals surface area (Å²) in [4.78, 5) is 4.56. The second kappa shape index (κ2) is 10.1. The Hall–Kier alpha value is -3.99. The summed E-state index contributed by atoms with van der Waals surface area (Å²) in [6.45, 7) is 1.42. The summed E-state index contributed by atoms with van der Waals surface area (Å²) in [6.07, 6.45) is 2.45. The van der Waals surface area contributed by atoms with Crippen LogP contribution in [0.5, 0.6) is 11.5 Å². The second-order valence-corrected chi connectivity index (χ2v) is 8.58. The summed E-state index contributed by atoms with van der Waals surface area (Å²) >= 11 is 6.54. The fraction of sp³-hybridized carbons (Fsp3) is 0.185. The first-order chi connectivity index (χ1) is 17.1. The minimum Gasteiger partial charge on any atom is -0.487 e. The number of benzene rings is 3. The van der Waals surface area contributed by atoms with Crippen molar-refractivity contribution in [3.8, 4) is 17.6 Å². The van der Waals surface area contributed by atoms with Gasteiger partial charge >= 0.3 is 0 Å². The Labute approximate surface area is 208 Å². The van der Waals surface area contributed by atoms with Crippen molar-refractivity contribution in [1.29, 1.82) is 5.26 Å². The molecule has 35 heavy (non-hydrogen) atoms. The highest BCUT2D eigenvalue weighted by atomic mass is 35.5. The zero-order valence-electron chi connectivity index (χ0n) is 18.8. The average Bonchev–Trinajstić information content (AvgIpc) is 3.39. The second-order valence-electron chi connectivity index (χ2n) is 8.18. The third-order valence-electron chi connectivity index (χ3n) is 5.77. The third kappa shape index (κ3) is 4.94. The van der Waals surface area contributed by atoms with Gasteiger partial charge in [0.25, 0.3) is 0 Å². The number of fused-ring (bicyclic) bond motifs is 1. The van der Waals surface area contributed by atoms with E-state index in [0.717, 1.165) is 28.6 Å². The van der Waals surface area contributed by atoms with Crippen molar-refractivity contribution in [3.63, 3.8) is 0 Å². The zero-order chi connectivity index (χ0) is 24.2. The van der Waals surface area contributed by atoms with E-state index < -0.39 is 0 Å². The molecule has 1 aliphatic rings. The molecule has 5 rings (SSSR count). The predicted molar refractivity (Wildman–Crippen MR) is 136 cm³/mol. The van der Waals surface area contributed by atoms with Crippen LogP contribution < -0.4 is 20.5 Å². The van der Waals surface area contributed by atoms with Crippen LogP contribution in [-0.2, 0) is 11.3 Å². The lowest BCUT2D eigenvalue weighted by molar-refractivity contribution is 0.142. The Morgan fingerprint density at radius 1 is 1.17 bits per heavy atom. The smallest absolute Gasteiger partial charge is 0.168 e. The van der Waals surface area contributed by atoms with Gasteiger partial charge in [-0.05, 0) is 36.4 Å². The largest absolute Gasteiger partial charge is 0.487 e. The number of nitrogens with zero attached hydrogens (tertiary/aromatic N) is 2. The molecule has 3 aromatic carbocycles. The number of nitriles is 1. The van der Waals surface area contributed by atoms with Crippen LogP contribution in [0.25, 0.3) is 10.9 Å². The lowest BCUT2D eigenvalue weighted by Crippen LogP contribution is -2.17. The van der Waals surface area contributed by atoms with Crippen LogP contribution in [0.4, 0.5) is 17.1 Å². The van der Waals surface area contributed by atoms with Crippen LogP contribution >= 0.6 is 11.6 Å². The van der Waals surface area contributed by atoms with Crippen LogP contribution in [0.3, 0.4) is 0 Å². The number of ether oxygens (including phenoxy) is 3. The van der Waals surface area contributed by atoms with Crippen molar-refractivity contribution in [2.75, 3.05) is 24.3 Å². The highest BCUT2D eigenvalue weighted by Gasteiger charge is 2.22. The molecule has 7 nitrogen and oxygen atoms in total. The first-order valence-electron chi connectivity index (χ1n) is 11.2. The molecule has 1 aromatic heterocycles. The normalized spacial score (nSPS) is 15.0. The average molecular weight is 487 g/mol. The SMILES string of the molecule is N#Cc1ccccc1COc1ccc(Nc2c(OC3CCOC3)c(N)cc3cccnc23)cc1Cl. The molecule has 0 spiro atoms. The summed E-state index contributed by atoms with van der Waals surface area (Å²) in [5, 5.41) is 14.0. The van der Waals surface area contributed by atoms with E-state index in [9.17, 15) is 5.26 Å². The molecule has 8 heteroatoms. The Bertz CT molecular complexity index is 1410. The van der Waals surface area contributed by atoms with Crippen molar-refractivity contribution in [1.82, 2.24) is 4.98 Å². The van der Waals surface area contributed by atoms with Gasteiger partial charge in [0.05, 0.1) is 41.1 Å². The lowest BCUT2D eigenvalue weighted by atomic mass is 10.1. The van der Waals surface area contributed by atoms with Crippen molar-refractivity contribution in [3.05, 3.63) is 83.0 Å². The zero-order valence-corrected chi connectivity index (χ0v) is 19.6. The molecule has 176 valence electrons. The van der Waals surface area contributed by atoms with Gasteiger partial charge in [0, 0.05) is 29.3 Å². The molecule has 1 unspecified atom stereocenters. The number of aromatic nitrogens is 1. The summed E-state index contributed by atoms with van der Waals surface area (Å²) in [5.41, 5.74) is 10.4. The molecule has 0 radical (unpaired) electrons. The van der Waals surface area contributed by atoms with Gasteiger partial charge in [0.2, 0.25) is 0 Å². The van der Waals surface area contributed by atoms with Gasteiger partial charge in [-0.25, -0.2) is 0 Å². The number of hydrogen-bond donors (Lipinski definition) is 2. The number of halogens is 1. The molecule has 3 N–H and O–H groups in total. The molecule has 1 fully saturated rings. The highest BCUT2D eigenvalue weighted by Crippen LogP contribution is 2.41. The Morgan fingerprint density at radius 2 is 2.06 bits per heavy atom. The number of nitrogen functional groups attached to an aromatic ring is 1.